The monoisotopic (exact) mass is 463 g/mol. The molecule has 2 amide bonds. The first-order chi connectivity index (χ1) is 15.2. The molecule has 0 unspecified atom stereocenters. The maximum Gasteiger partial charge on any atom is 0.260 e. The molecule has 2 saturated carbocycles. The van der Waals surface area contributed by atoms with Gasteiger partial charge in [-0.05, 0) is 81.9 Å². The van der Waals surface area contributed by atoms with E-state index >= 15 is 0 Å². The van der Waals surface area contributed by atoms with Crippen molar-refractivity contribution in [3.05, 3.63) is 23.8 Å². The van der Waals surface area contributed by atoms with E-state index < -0.39 is 22.0 Å². The Bertz CT molecular complexity index is 989. The van der Waals surface area contributed by atoms with E-state index in [2.05, 4.69) is 5.32 Å². The maximum absolute atomic E-state index is 12.8. The van der Waals surface area contributed by atoms with Crippen molar-refractivity contribution in [2.75, 3.05) is 13.1 Å². The zero-order valence-corrected chi connectivity index (χ0v) is 19.6. The zero-order chi connectivity index (χ0) is 23.0. The topological polar surface area (TPSA) is 119 Å². The molecule has 5 atom stereocenters. The number of fused-ring (bicyclic) bond motifs is 2. The van der Waals surface area contributed by atoms with Crippen LogP contribution in [0.3, 0.4) is 0 Å². The molecule has 3 aliphatic rings. The Balaban J connectivity index is 1.44. The highest BCUT2D eigenvalue weighted by atomic mass is 32.2. The third-order valence-electron chi connectivity index (χ3n) is 7.40. The molecule has 0 radical (unpaired) electrons. The van der Waals surface area contributed by atoms with Crippen LogP contribution in [0.1, 0.15) is 62.7 Å². The van der Waals surface area contributed by atoms with Crippen molar-refractivity contribution >= 4 is 21.8 Å². The van der Waals surface area contributed by atoms with Gasteiger partial charge in [0.2, 0.25) is 10.0 Å². The van der Waals surface area contributed by atoms with E-state index in [1.807, 2.05) is 6.92 Å². The molecule has 4 rings (SSSR count). The average molecular weight is 464 g/mol. The fraction of sp³-hybridized carbons (Fsp3) is 0.652. The lowest BCUT2D eigenvalue weighted by Gasteiger charge is -2.29. The summed E-state index contributed by atoms with van der Waals surface area (Å²) in [6.07, 6.45) is 5.77. The summed E-state index contributed by atoms with van der Waals surface area (Å²) in [6.45, 7) is 4.58. The molecule has 1 heterocycles. The number of sulfonamides is 1. The number of nitrogens with two attached hydrogens (primary N) is 1. The first-order valence-corrected chi connectivity index (χ1v) is 13.0. The molecule has 3 N–H and O–H groups in total. The summed E-state index contributed by atoms with van der Waals surface area (Å²) >= 11 is 0. The van der Waals surface area contributed by atoms with Crippen molar-refractivity contribution in [3.8, 4) is 5.75 Å². The minimum atomic E-state index is -3.70. The molecule has 2 aliphatic carbocycles. The summed E-state index contributed by atoms with van der Waals surface area (Å²) in [7, 11) is -3.70. The predicted molar refractivity (Wildman–Crippen MR) is 120 cm³/mol. The van der Waals surface area contributed by atoms with Crippen LogP contribution >= 0.6 is 0 Å². The predicted octanol–water partition coefficient (Wildman–Crippen LogP) is 2.28. The molecule has 1 saturated heterocycles. The number of nitrogens with one attached hydrogen (secondary N) is 1. The molecule has 1 aliphatic heterocycles. The molecule has 1 aromatic rings. The van der Waals surface area contributed by atoms with Gasteiger partial charge in [0.25, 0.3) is 11.8 Å². The zero-order valence-electron chi connectivity index (χ0n) is 18.7. The summed E-state index contributed by atoms with van der Waals surface area (Å²) in [5.41, 5.74) is 5.45. The van der Waals surface area contributed by atoms with E-state index in [-0.39, 0.29) is 28.2 Å². The third-order valence-corrected chi connectivity index (χ3v) is 9.29. The molecule has 0 aromatic heterocycles. The third kappa shape index (κ3) is 4.50. The first kappa shape index (κ1) is 23.0. The van der Waals surface area contributed by atoms with Crippen LogP contribution < -0.4 is 15.8 Å². The van der Waals surface area contributed by atoms with Crippen molar-refractivity contribution in [2.24, 2.45) is 23.5 Å². The molecule has 3 fully saturated rings. The molecule has 8 nitrogen and oxygen atoms in total. The lowest BCUT2D eigenvalue weighted by atomic mass is 9.84. The number of carbonyl (C=O) groups excluding carboxylic acids is 2. The molecular formula is C23H33N3O5S. The first-order valence-electron chi connectivity index (χ1n) is 11.6. The van der Waals surface area contributed by atoms with Gasteiger partial charge in [-0.1, -0.05) is 6.42 Å². The van der Waals surface area contributed by atoms with Crippen LogP contribution in [0.25, 0.3) is 0 Å². The number of primary amides is 1. The Labute approximate surface area is 189 Å². The van der Waals surface area contributed by atoms with Crippen LogP contribution in [0.2, 0.25) is 0 Å². The van der Waals surface area contributed by atoms with Gasteiger partial charge < -0.3 is 15.8 Å². The maximum atomic E-state index is 12.8. The Kier molecular flexibility index (Phi) is 6.49. The van der Waals surface area contributed by atoms with Crippen molar-refractivity contribution in [2.45, 2.75) is 69.4 Å². The number of rotatable bonds is 8. The van der Waals surface area contributed by atoms with Crippen molar-refractivity contribution in [3.63, 3.8) is 0 Å². The van der Waals surface area contributed by atoms with Crippen LogP contribution in [-0.2, 0) is 14.8 Å². The van der Waals surface area contributed by atoms with E-state index in [1.165, 1.54) is 48.2 Å². The fourth-order valence-electron chi connectivity index (χ4n) is 5.64. The normalized spacial score (nSPS) is 27.2. The standard InChI is InChI=1S/C23H33N3O5S/c1-14(19-12-16-5-6-17(19)11-16)25-23(28)15(2)31-21-8-7-18(13-20(21)22(24)27)32(29,30)26-9-3-4-10-26/h7-8,13-17,19H,3-6,9-12H2,1-2H3,(H2,24,27)(H,25,28)/t14-,15-,16-,17-,19-/m1/s1. The van der Waals surface area contributed by atoms with E-state index in [4.69, 9.17) is 10.5 Å². The number of ether oxygens (including phenoxy) is 1. The van der Waals surface area contributed by atoms with E-state index in [9.17, 15) is 18.0 Å². The van der Waals surface area contributed by atoms with Gasteiger partial charge >= 0.3 is 0 Å². The van der Waals surface area contributed by atoms with Gasteiger partial charge in [0.1, 0.15) is 5.75 Å². The molecule has 9 heteroatoms. The van der Waals surface area contributed by atoms with E-state index in [0.717, 1.165) is 18.8 Å². The van der Waals surface area contributed by atoms with Gasteiger partial charge in [0.15, 0.2) is 6.10 Å². The van der Waals surface area contributed by atoms with Crippen LogP contribution in [-0.4, -0.2) is 49.8 Å². The number of carbonyl (C=O) groups is 2. The average Bonchev–Trinajstić information content (AvgIpc) is 3.51. The van der Waals surface area contributed by atoms with Crippen molar-refractivity contribution in [1.82, 2.24) is 9.62 Å². The lowest BCUT2D eigenvalue weighted by molar-refractivity contribution is -0.128. The quantitative estimate of drug-likeness (QED) is 0.613. The van der Waals surface area contributed by atoms with E-state index in [1.54, 1.807) is 6.92 Å². The minimum absolute atomic E-state index is 0.00237. The summed E-state index contributed by atoms with van der Waals surface area (Å²) in [4.78, 5) is 24.8. The minimum Gasteiger partial charge on any atom is -0.480 e. The molecule has 32 heavy (non-hydrogen) atoms. The second kappa shape index (κ2) is 9.02. The Hall–Kier alpha value is -2.13. The van der Waals surface area contributed by atoms with Gasteiger partial charge in [-0.15, -0.1) is 0 Å². The second-order valence-corrected chi connectivity index (χ2v) is 11.5. The van der Waals surface area contributed by atoms with E-state index in [0.29, 0.717) is 24.9 Å². The Morgan fingerprint density at radius 3 is 2.47 bits per heavy atom. The van der Waals surface area contributed by atoms with Gasteiger partial charge in [-0.2, -0.15) is 4.31 Å². The Morgan fingerprint density at radius 2 is 1.88 bits per heavy atom. The number of benzene rings is 1. The Morgan fingerprint density at radius 1 is 1.16 bits per heavy atom. The number of amides is 2. The molecular weight excluding hydrogens is 430 g/mol. The molecule has 1 aromatic carbocycles. The number of nitrogens with zero attached hydrogens (tertiary/aromatic N) is 1. The van der Waals surface area contributed by atoms with Gasteiger partial charge in [0.05, 0.1) is 10.5 Å². The highest BCUT2D eigenvalue weighted by Crippen LogP contribution is 2.49. The summed E-state index contributed by atoms with van der Waals surface area (Å²) in [5.74, 6) is 1.03. The molecule has 176 valence electrons. The van der Waals surface area contributed by atoms with Gasteiger partial charge in [-0.25, -0.2) is 8.42 Å². The summed E-state index contributed by atoms with van der Waals surface area (Å²) in [5, 5.41) is 3.07. The summed E-state index contributed by atoms with van der Waals surface area (Å²) < 4.78 is 32.8. The van der Waals surface area contributed by atoms with Crippen LogP contribution in [0.5, 0.6) is 5.75 Å². The highest BCUT2D eigenvalue weighted by molar-refractivity contribution is 7.89. The molecule has 0 spiro atoms. The van der Waals surface area contributed by atoms with Crippen molar-refractivity contribution in [1.29, 1.82) is 0 Å². The second-order valence-electron chi connectivity index (χ2n) is 9.53. The van der Waals surface area contributed by atoms with Gasteiger partial charge in [-0.3, -0.25) is 9.59 Å². The SMILES string of the molecule is C[C@@H](Oc1ccc(S(=O)(=O)N2CCCC2)cc1C(N)=O)C(=O)N[C@H](C)[C@H]1C[C@@H]2CC[C@@H]1C2. The van der Waals surface area contributed by atoms with Crippen LogP contribution in [0.4, 0.5) is 0 Å². The summed E-state index contributed by atoms with van der Waals surface area (Å²) in [6, 6.07) is 4.12. The highest BCUT2D eigenvalue weighted by Gasteiger charge is 2.42. The lowest BCUT2D eigenvalue weighted by Crippen LogP contribution is -2.45. The number of hydrogen-bond acceptors (Lipinski definition) is 5. The van der Waals surface area contributed by atoms with Crippen LogP contribution in [0.15, 0.2) is 23.1 Å². The van der Waals surface area contributed by atoms with Gasteiger partial charge in [0, 0.05) is 19.1 Å². The smallest absolute Gasteiger partial charge is 0.260 e. The van der Waals surface area contributed by atoms with Crippen molar-refractivity contribution < 1.29 is 22.7 Å². The fourth-order valence-corrected chi connectivity index (χ4v) is 7.19. The molecule has 2 bridgehead atoms. The largest absolute Gasteiger partial charge is 0.480 e. The number of hydrogen-bond donors (Lipinski definition) is 2. The van der Waals surface area contributed by atoms with Crippen LogP contribution in [0, 0.1) is 17.8 Å².